The Morgan fingerprint density at radius 2 is 1.83 bits per heavy atom. The van der Waals surface area contributed by atoms with Crippen molar-refractivity contribution in [1.29, 1.82) is 0 Å². The zero-order chi connectivity index (χ0) is 17.7. The molecule has 0 aliphatic heterocycles. The van der Waals surface area contributed by atoms with Crippen LogP contribution in [0.15, 0.2) is 42.5 Å². The monoisotopic (exact) mass is 385 g/mol. The summed E-state index contributed by atoms with van der Waals surface area (Å²) in [5.74, 6) is -0.352. The fourth-order valence-corrected chi connectivity index (χ4v) is 3.46. The van der Waals surface area contributed by atoms with Gasteiger partial charge in [0.25, 0.3) is 5.91 Å². The van der Waals surface area contributed by atoms with Crippen LogP contribution >= 0.6 is 23.2 Å². The minimum Gasteiger partial charge on any atom is -0.352 e. The molecule has 0 radical (unpaired) electrons. The topological polar surface area (TPSA) is 63.2 Å². The predicted molar refractivity (Wildman–Crippen MR) is 97.5 cm³/mol. The standard InChI is InChI=1S/C17H17Cl2NO3S/c1-24(22,23)11-12-4-2-6-14(10-12)17(21)20-9-8-13-5-3-7-15(18)16(13)19/h2-7,10H,8-9,11H2,1H3,(H,20,21). The van der Waals surface area contributed by atoms with Gasteiger partial charge in [-0.1, -0.05) is 47.5 Å². The smallest absolute Gasteiger partial charge is 0.251 e. The third-order valence-corrected chi connectivity index (χ3v) is 5.05. The van der Waals surface area contributed by atoms with E-state index in [1.54, 1.807) is 36.4 Å². The Morgan fingerprint density at radius 3 is 2.54 bits per heavy atom. The third-order valence-electron chi connectivity index (χ3n) is 3.33. The van der Waals surface area contributed by atoms with E-state index < -0.39 is 9.84 Å². The van der Waals surface area contributed by atoms with Crippen LogP contribution in [0.3, 0.4) is 0 Å². The van der Waals surface area contributed by atoms with Crippen LogP contribution in [0.4, 0.5) is 0 Å². The highest BCUT2D eigenvalue weighted by Gasteiger charge is 2.10. The predicted octanol–water partition coefficient (Wildman–Crippen LogP) is 3.51. The zero-order valence-electron chi connectivity index (χ0n) is 13.1. The fourth-order valence-electron chi connectivity index (χ4n) is 2.26. The molecule has 0 bridgehead atoms. The molecule has 2 aromatic rings. The molecule has 0 aliphatic carbocycles. The van der Waals surface area contributed by atoms with Crippen molar-refractivity contribution in [3.05, 3.63) is 69.2 Å². The molecular formula is C17H17Cl2NO3S. The Hall–Kier alpha value is -1.56. The van der Waals surface area contributed by atoms with Crippen molar-refractivity contribution in [2.45, 2.75) is 12.2 Å². The Bertz CT molecular complexity index is 851. The van der Waals surface area contributed by atoms with Crippen molar-refractivity contribution in [1.82, 2.24) is 5.32 Å². The van der Waals surface area contributed by atoms with E-state index in [2.05, 4.69) is 5.32 Å². The summed E-state index contributed by atoms with van der Waals surface area (Å²) < 4.78 is 22.7. The average Bonchev–Trinajstić information content (AvgIpc) is 2.50. The van der Waals surface area contributed by atoms with Crippen LogP contribution in [-0.4, -0.2) is 27.1 Å². The number of nitrogens with one attached hydrogen (secondary N) is 1. The number of hydrogen-bond donors (Lipinski definition) is 1. The van der Waals surface area contributed by atoms with Gasteiger partial charge in [-0.2, -0.15) is 0 Å². The summed E-state index contributed by atoms with van der Waals surface area (Å²) in [6.45, 7) is 0.398. The van der Waals surface area contributed by atoms with Gasteiger partial charge in [-0.15, -0.1) is 0 Å². The van der Waals surface area contributed by atoms with Crippen LogP contribution in [-0.2, 0) is 22.0 Å². The molecule has 0 aromatic heterocycles. The second-order valence-corrected chi connectivity index (χ2v) is 8.41. The highest BCUT2D eigenvalue weighted by atomic mass is 35.5. The van der Waals surface area contributed by atoms with E-state index in [1.165, 1.54) is 0 Å². The lowest BCUT2D eigenvalue weighted by molar-refractivity contribution is 0.0954. The van der Waals surface area contributed by atoms with Crippen molar-refractivity contribution in [2.75, 3.05) is 12.8 Å². The van der Waals surface area contributed by atoms with E-state index in [9.17, 15) is 13.2 Å². The van der Waals surface area contributed by atoms with Crippen LogP contribution < -0.4 is 5.32 Å². The second kappa shape index (κ2) is 8.01. The van der Waals surface area contributed by atoms with Gasteiger partial charge in [0.15, 0.2) is 9.84 Å². The van der Waals surface area contributed by atoms with Gasteiger partial charge in [0.2, 0.25) is 0 Å². The van der Waals surface area contributed by atoms with E-state index in [-0.39, 0.29) is 11.7 Å². The normalized spacial score (nSPS) is 11.3. The summed E-state index contributed by atoms with van der Waals surface area (Å²) in [6.07, 6.45) is 1.71. The maximum atomic E-state index is 12.2. The number of amides is 1. The highest BCUT2D eigenvalue weighted by Crippen LogP contribution is 2.25. The van der Waals surface area contributed by atoms with Gasteiger partial charge < -0.3 is 5.32 Å². The van der Waals surface area contributed by atoms with Gasteiger partial charge in [-0.05, 0) is 35.7 Å². The van der Waals surface area contributed by atoms with Crippen LogP contribution in [0.25, 0.3) is 0 Å². The first-order chi connectivity index (χ1) is 11.3. The summed E-state index contributed by atoms with van der Waals surface area (Å²) in [6, 6.07) is 12.0. The lowest BCUT2D eigenvalue weighted by atomic mass is 10.1. The maximum absolute atomic E-state index is 12.2. The quantitative estimate of drug-likeness (QED) is 0.827. The van der Waals surface area contributed by atoms with Gasteiger partial charge >= 0.3 is 0 Å². The van der Waals surface area contributed by atoms with Gasteiger partial charge in [0.05, 0.1) is 15.8 Å². The first kappa shape index (κ1) is 18.8. The lowest BCUT2D eigenvalue weighted by Gasteiger charge is -2.08. The molecule has 7 heteroatoms. The van der Waals surface area contributed by atoms with Crippen molar-refractivity contribution in [3.8, 4) is 0 Å². The molecule has 2 aromatic carbocycles. The molecule has 0 atom stereocenters. The van der Waals surface area contributed by atoms with Gasteiger partial charge in [0, 0.05) is 18.4 Å². The average molecular weight is 386 g/mol. The zero-order valence-corrected chi connectivity index (χ0v) is 15.4. The van der Waals surface area contributed by atoms with Crippen LogP contribution in [0.2, 0.25) is 10.0 Å². The molecule has 0 unspecified atom stereocenters. The van der Waals surface area contributed by atoms with Gasteiger partial charge in [0.1, 0.15) is 0 Å². The molecule has 1 amide bonds. The number of benzene rings is 2. The minimum absolute atomic E-state index is 0.0910. The fraction of sp³-hybridized carbons (Fsp3) is 0.235. The van der Waals surface area contributed by atoms with Crippen LogP contribution in [0.1, 0.15) is 21.5 Å². The summed E-state index contributed by atoms with van der Waals surface area (Å²) in [5, 5.41) is 3.76. The van der Waals surface area contributed by atoms with Crippen LogP contribution in [0.5, 0.6) is 0 Å². The molecule has 0 heterocycles. The Morgan fingerprint density at radius 1 is 1.12 bits per heavy atom. The largest absolute Gasteiger partial charge is 0.352 e. The van der Waals surface area contributed by atoms with Crippen LogP contribution in [0, 0.1) is 0 Å². The maximum Gasteiger partial charge on any atom is 0.251 e. The third kappa shape index (κ3) is 5.51. The SMILES string of the molecule is CS(=O)(=O)Cc1cccc(C(=O)NCCc2cccc(Cl)c2Cl)c1. The summed E-state index contributed by atoms with van der Waals surface area (Å²) in [4.78, 5) is 12.2. The number of carbonyl (C=O) groups is 1. The first-order valence-electron chi connectivity index (χ1n) is 7.24. The van der Waals surface area contributed by atoms with Crippen molar-refractivity contribution >= 4 is 38.9 Å². The molecule has 1 N–H and O–H groups in total. The molecule has 128 valence electrons. The first-order valence-corrected chi connectivity index (χ1v) is 10.1. The van der Waals surface area contributed by atoms with Crippen molar-refractivity contribution in [3.63, 3.8) is 0 Å². The van der Waals surface area contributed by atoms with E-state index >= 15 is 0 Å². The number of rotatable bonds is 6. The van der Waals surface area contributed by atoms with Gasteiger partial charge in [-0.3, -0.25) is 4.79 Å². The van der Waals surface area contributed by atoms with E-state index in [1.807, 2.05) is 6.07 Å². The van der Waals surface area contributed by atoms with Gasteiger partial charge in [-0.25, -0.2) is 8.42 Å². The number of hydrogen-bond acceptors (Lipinski definition) is 3. The lowest BCUT2D eigenvalue weighted by Crippen LogP contribution is -2.25. The molecule has 0 aliphatic rings. The van der Waals surface area contributed by atoms with Crippen molar-refractivity contribution in [2.24, 2.45) is 0 Å². The molecule has 2 rings (SSSR count). The van der Waals surface area contributed by atoms with E-state index in [0.29, 0.717) is 34.1 Å². The molecular weight excluding hydrogens is 369 g/mol. The number of halogens is 2. The number of sulfone groups is 1. The Labute approximate surface area is 151 Å². The van der Waals surface area contributed by atoms with E-state index in [4.69, 9.17) is 23.2 Å². The van der Waals surface area contributed by atoms with E-state index in [0.717, 1.165) is 11.8 Å². The highest BCUT2D eigenvalue weighted by molar-refractivity contribution is 7.89. The molecule has 0 saturated heterocycles. The Balaban J connectivity index is 1.98. The summed E-state index contributed by atoms with van der Waals surface area (Å²) >= 11 is 12.1. The molecule has 24 heavy (non-hydrogen) atoms. The minimum atomic E-state index is -3.14. The molecule has 4 nitrogen and oxygen atoms in total. The number of carbonyl (C=O) groups excluding carboxylic acids is 1. The summed E-state index contributed by atoms with van der Waals surface area (Å²) in [7, 11) is -3.14. The molecule has 0 saturated carbocycles. The summed E-state index contributed by atoms with van der Waals surface area (Å²) in [5.41, 5.74) is 1.87. The second-order valence-electron chi connectivity index (χ2n) is 5.49. The molecule has 0 fully saturated rings. The Kier molecular flexibility index (Phi) is 6.27. The van der Waals surface area contributed by atoms with Crippen molar-refractivity contribution < 1.29 is 13.2 Å². The molecule has 0 spiro atoms.